The van der Waals surface area contributed by atoms with E-state index in [4.69, 9.17) is 4.74 Å². The first-order chi connectivity index (χ1) is 12.5. The highest BCUT2D eigenvalue weighted by Crippen LogP contribution is 2.21. The van der Waals surface area contributed by atoms with Crippen LogP contribution in [0.25, 0.3) is 0 Å². The summed E-state index contributed by atoms with van der Waals surface area (Å²) in [6.07, 6.45) is 0. The summed E-state index contributed by atoms with van der Waals surface area (Å²) in [6.45, 7) is 10.4. The van der Waals surface area contributed by atoms with Crippen LogP contribution >= 0.6 is 0 Å². The number of nitrogens with zero attached hydrogens (tertiary/aromatic N) is 2. The molecule has 4 heteroatoms. The van der Waals surface area contributed by atoms with E-state index in [1.807, 2.05) is 25.1 Å². The molecule has 1 aliphatic heterocycles. The second kappa shape index (κ2) is 7.92. The third kappa shape index (κ3) is 4.07. The zero-order chi connectivity index (χ0) is 18.7. The lowest BCUT2D eigenvalue weighted by molar-refractivity contribution is 0.0925. The number of ketones is 1. The molecule has 1 saturated heterocycles. The minimum Gasteiger partial charge on any atom is -0.497 e. The van der Waals surface area contributed by atoms with Crippen LogP contribution in [0.1, 0.15) is 27.0 Å². The Morgan fingerprint density at radius 2 is 1.54 bits per heavy atom. The number of hydrogen-bond acceptors (Lipinski definition) is 4. The van der Waals surface area contributed by atoms with Crippen molar-refractivity contribution in [2.75, 3.05) is 44.7 Å². The predicted molar refractivity (Wildman–Crippen MR) is 107 cm³/mol. The predicted octanol–water partition coefficient (Wildman–Crippen LogP) is 3.63. The Morgan fingerprint density at radius 3 is 2.15 bits per heavy atom. The van der Waals surface area contributed by atoms with E-state index in [1.165, 1.54) is 16.8 Å². The number of ether oxygens (including phenoxy) is 1. The van der Waals surface area contributed by atoms with Crippen LogP contribution in [0.4, 0.5) is 5.69 Å². The normalized spacial score (nSPS) is 15.2. The van der Waals surface area contributed by atoms with Crippen LogP contribution in [0.15, 0.2) is 36.4 Å². The average Bonchev–Trinajstić information content (AvgIpc) is 2.65. The van der Waals surface area contributed by atoms with Gasteiger partial charge in [0, 0.05) is 37.4 Å². The number of carbonyl (C=O) groups excluding carboxylic acids is 1. The van der Waals surface area contributed by atoms with Crippen LogP contribution in [0.2, 0.25) is 0 Å². The maximum absolute atomic E-state index is 12.8. The molecule has 0 bridgehead atoms. The van der Waals surface area contributed by atoms with Gasteiger partial charge < -0.3 is 9.64 Å². The van der Waals surface area contributed by atoms with Crippen molar-refractivity contribution in [2.24, 2.45) is 0 Å². The lowest BCUT2D eigenvalue weighted by Crippen LogP contribution is -2.48. The van der Waals surface area contributed by atoms with Crippen LogP contribution in [-0.4, -0.2) is 50.5 Å². The second-order valence-corrected chi connectivity index (χ2v) is 7.14. The number of anilines is 1. The molecule has 0 aromatic heterocycles. The molecule has 0 saturated carbocycles. The van der Waals surface area contributed by atoms with Gasteiger partial charge in [-0.05, 0) is 67.8 Å². The van der Waals surface area contributed by atoms with Gasteiger partial charge in [-0.2, -0.15) is 0 Å². The second-order valence-electron chi connectivity index (χ2n) is 7.14. The molecule has 1 heterocycles. The van der Waals surface area contributed by atoms with Gasteiger partial charge in [0.2, 0.25) is 0 Å². The molecule has 4 nitrogen and oxygen atoms in total. The van der Waals surface area contributed by atoms with Gasteiger partial charge in [0.25, 0.3) is 0 Å². The fraction of sp³-hybridized carbons (Fsp3) is 0.409. The first-order valence-corrected chi connectivity index (χ1v) is 9.20. The maximum atomic E-state index is 12.8. The quantitative estimate of drug-likeness (QED) is 0.770. The number of rotatable bonds is 5. The van der Waals surface area contributed by atoms with Gasteiger partial charge in [0.1, 0.15) is 5.75 Å². The van der Waals surface area contributed by atoms with Crippen LogP contribution in [-0.2, 0) is 0 Å². The number of carbonyl (C=O) groups is 1. The fourth-order valence-corrected chi connectivity index (χ4v) is 3.51. The third-order valence-electron chi connectivity index (χ3n) is 5.32. The molecule has 2 aromatic rings. The van der Waals surface area contributed by atoms with Crippen LogP contribution in [0.3, 0.4) is 0 Å². The molecule has 0 unspecified atom stereocenters. The summed E-state index contributed by atoms with van der Waals surface area (Å²) in [5.41, 5.74) is 5.58. The Morgan fingerprint density at radius 1 is 0.923 bits per heavy atom. The summed E-state index contributed by atoms with van der Waals surface area (Å²) in [5, 5.41) is 0. The molecule has 0 radical (unpaired) electrons. The first-order valence-electron chi connectivity index (χ1n) is 9.20. The molecule has 0 aliphatic carbocycles. The van der Waals surface area contributed by atoms with Crippen LogP contribution < -0.4 is 9.64 Å². The molecule has 1 aliphatic rings. The molecule has 1 fully saturated rings. The summed E-state index contributed by atoms with van der Waals surface area (Å²) in [5.74, 6) is 1.10. The zero-order valence-electron chi connectivity index (χ0n) is 16.2. The van der Waals surface area contributed by atoms with Gasteiger partial charge in [0.05, 0.1) is 13.7 Å². The molecule has 0 atom stereocenters. The van der Waals surface area contributed by atoms with Crippen molar-refractivity contribution in [3.63, 3.8) is 0 Å². The number of aryl methyl sites for hydroxylation is 3. The number of benzene rings is 2. The Bertz CT molecular complexity index is 775. The van der Waals surface area contributed by atoms with Crippen molar-refractivity contribution >= 4 is 11.5 Å². The first kappa shape index (κ1) is 18.5. The van der Waals surface area contributed by atoms with Gasteiger partial charge in [-0.15, -0.1) is 0 Å². The minimum atomic E-state index is 0.225. The molecule has 138 valence electrons. The van der Waals surface area contributed by atoms with E-state index in [-0.39, 0.29) is 5.78 Å². The Labute approximate surface area is 156 Å². The minimum absolute atomic E-state index is 0.225. The van der Waals surface area contributed by atoms with E-state index in [2.05, 4.69) is 41.8 Å². The van der Waals surface area contributed by atoms with Crippen molar-refractivity contribution < 1.29 is 9.53 Å². The van der Waals surface area contributed by atoms with Crippen LogP contribution in [0.5, 0.6) is 5.75 Å². The van der Waals surface area contributed by atoms with Gasteiger partial charge in [-0.25, -0.2) is 0 Å². The van der Waals surface area contributed by atoms with Gasteiger partial charge in [-0.3, -0.25) is 9.69 Å². The Balaban J connectivity index is 1.58. The maximum Gasteiger partial charge on any atom is 0.177 e. The molecule has 2 aromatic carbocycles. The van der Waals surface area contributed by atoms with Gasteiger partial charge >= 0.3 is 0 Å². The highest BCUT2D eigenvalue weighted by molar-refractivity contribution is 5.99. The molecule has 0 spiro atoms. The number of methoxy groups -OCH3 is 1. The number of piperazine rings is 1. The summed E-state index contributed by atoms with van der Waals surface area (Å²) >= 11 is 0. The molecule has 0 amide bonds. The lowest BCUT2D eigenvalue weighted by Gasteiger charge is -2.35. The molecule has 0 N–H and O–H groups in total. The monoisotopic (exact) mass is 352 g/mol. The SMILES string of the molecule is COc1ccc(N2CCN(CC(=O)c3cc(C)c(C)cc3C)CC2)cc1. The standard InChI is InChI=1S/C22H28N2O2/c1-16-13-18(3)21(14-17(16)2)22(25)15-23-9-11-24(12-10-23)19-5-7-20(26-4)8-6-19/h5-8,13-14H,9-12,15H2,1-4H3. The third-order valence-corrected chi connectivity index (χ3v) is 5.32. The molecule has 26 heavy (non-hydrogen) atoms. The van der Waals surface area contributed by atoms with Gasteiger partial charge in [-0.1, -0.05) is 6.07 Å². The number of Topliss-reactive ketones (excluding diaryl/α,β-unsaturated/α-hetero) is 1. The Kier molecular flexibility index (Phi) is 5.62. The summed E-state index contributed by atoms with van der Waals surface area (Å²) < 4.78 is 5.22. The average molecular weight is 352 g/mol. The van der Waals surface area contributed by atoms with Crippen LogP contribution in [0, 0.1) is 20.8 Å². The highest BCUT2D eigenvalue weighted by Gasteiger charge is 2.21. The Hall–Kier alpha value is -2.33. The van der Waals surface area contributed by atoms with E-state index < -0.39 is 0 Å². The smallest absolute Gasteiger partial charge is 0.177 e. The van der Waals surface area contributed by atoms with Crippen molar-refractivity contribution in [3.8, 4) is 5.75 Å². The highest BCUT2D eigenvalue weighted by atomic mass is 16.5. The molecular weight excluding hydrogens is 324 g/mol. The summed E-state index contributed by atoms with van der Waals surface area (Å²) in [7, 11) is 1.68. The largest absolute Gasteiger partial charge is 0.497 e. The van der Waals surface area contributed by atoms with Gasteiger partial charge in [0.15, 0.2) is 5.78 Å². The molecular formula is C22H28N2O2. The van der Waals surface area contributed by atoms with Crippen molar-refractivity contribution in [1.82, 2.24) is 4.90 Å². The molecule has 3 rings (SSSR count). The fourth-order valence-electron chi connectivity index (χ4n) is 3.51. The summed E-state index contributed by atoms with van der Waals surface area (Å²) in [4.78, 5) is 17.4. The van der Waals surface area contributed by atoms with E-state index in [9.17, 15) is 4.79 Å². The van der Waals surface area contributed by atoms with E-state index >= 15 is 0 Å². The van der Waals surface area contributed by atoms with E-state index in [0.717, 1.165) is 43.1 Å². The topological polar surface area (TPSA) is 32.8 Å². The van der Waals surface area contributed by atoms with Crippen molar-refractivity contribution in [2.45, 2.75) is 20.8 Å². The van der Waals surface area contributed by atoms with E-state index in [0.29, 0.717) is 6.54 Å². The van der Waals surface area contributed by atoms with Crippen molar-refractivity contribution in [3.05, 3.63) is 58.7 Å². The summed E-state index contributed by atoms with van der Waals surface area (Å²) in [6, 6.07) is 12.3. The number of hydrogen-bond donors (Lipinski definition) is 0. The van der Waals surface area contributed by atoms with E-state index in [1.54, 1.807) is 7.11 Å². The zero-order valence-corrected chi connectivity index (χ0v) is 16.2. The van der Waals surface area contributed by atoms with Crippen molar-refractivity contribution in [1.29, 1.82) is 0 Å². The lowest BCUT2D eigenvalue weighted by atomic mass is 9.98.